The van der Waals surface area contributed by atoms with Crippen molar-refractivity contribution in [2.75, 3.05) is 10.6 Å². The van der Waals surface area contributed by atoms with E-state index in [0.29, 0.717) is 22.4 Å². The van der Waals surface area contributed by atoms with E-state index in [9.17, 15) is 24.6 Å². The average molecular weight is 497 g/mol. The van der Waals surface area contributed by atoms with E-state index in [1.165, 1.54) is 12.1 Å². The Hall–Kier alpha value is -5.02. The second-order valence-corrected chi connectivity index (χ2v) is 8.28. The molecule has 0 bridgehead atoms. The van der Waals surface area contributed by atoms with Crippen LogP contribution in [0.3, 0.4) is 0 Å². The van der Waals surface area contributed by atoms with E-state index in [4.69, 9.17) is 5.73 Å². The monoisotopic (exact) mass is 496 g/mol. The molecule has 1 heterocycles. The number of hydrogen-bond acceptors (Lipinski definition) is 6. The predicted molar refractivity (Wildman–Crippen MR) is 140 cm³/mol. The Morgan fingerprint density at radius 3 is 2.24 bits per heavy atom. The minimum absolute atomic E-state index is 0.0673. The maximum atomic E-state index is 12.9. The lowest BCUT2D eigenvalue weighted by atomic mass is 9.97. The largest absolute Gasteiger partial charge is 0.507 e. The number of hydrogen-bond donors (Lipinski definition) is 5. The van der Waals surface area contributed by atoms with Gasteiger partial charge in [-0.05, 0) is 55.0 Å². The van der Waals surface area contributed by atoms with E-state index in [1.807, 2.05) is 0 Å². The highest BCUT2D eigenvalue weighted by Gasteiger charge is 2.23. The number of carbonyl (C=O) groups is 3. The normalized spacial score (nSPS) is 11.4. The number of nitrogens with one attached hydrogen (secondary N) is 2. The van der Waals surface area contributed by atoms with Gasteiger partial charge in [0.25, 0.3) is 5.91 Å². The molecule has 0 saturated carbocycles. The van der Waals surface area contributed by atoms with Gasteiger partial charge in [0.2, 0.25) is 5.91 Å². The van der Waals surface area contributed by atoms with E-state index in [-0.39, 0.29) is 28.4 Å². The summed E-state index contributed by atoms with van der Waals surface area (Å²) in [6.07, 6.45) is 0. The Morgan fingerprint density at radius 2 is 1.57 bits per heavy atom. The second-order valence-electron chi connectivity index (χ2n) is 8.28. The molecular weight excluding hydrogens is 472 g/mol. The van der Waals surface area contributed by atoms with E-state index in [1.54, 1.807) is 79.7 Å². The van der Waals surface area contributed by atoms with Crippen LogP contribution in [0, 0.1) is 0 Å². The fraction of sp³-hybridized carbons (Fsp3) is 0.0714. The highest BCUT2D eigenvalue weighted by molar-refractivity contribution is 6.10. The maximum Gasteiger partial charge on any atom is 0.340 e. The van der Waals surface area contributed by atoms with Crippen LogP contribution >= 0.6 is 0 Å². The lowest BCUT2D eigenvalue weighted by Crippen LogP contribution is -2.32. The fourth-order valence-corrected chi connectivity index (χ4v) is 3.70. The summed E-state index contributed by atoms with van der Waals surface area (Å²) in [6.45, 7) is 1.55. The Morgan fingerprint density at radius 1 is 0.865 bits per heavy atom. The van der Waals surface area contributed by atoms with Gasteiger partial charge in [-0.1, -0.05) is 42.5 Å². The minimum Gasteiger partial charge on any atom is -0.507 e. The molecule has 0 radical (unpaired) electrons. The molecule has 0 saturated heterocycles. The van der Waals surface area contributed by atoms with Crippen molar-refractivity contribution < 1.29 is 24.6 Å². The van der Waals surface area contributed by atoms with Crippen molar-refractivity contribution in [2.24, 2.45) is 5.73 Å². The fourth-order valence-electron chi connectivity index (χ4n) is 3.70. The number of para-hydroxylation sites is 1. The molecule has 0 fully saturated rings. The van der Waals surface area contributed by atoms with Crippen molar-refractivity contribution in [1.82, 2.24) is 4.98 Å². The first-order valence-electron chi connectivity index (χ1n) is 11.3. The Labute approximate surface area is 212 Å². The van der Waals surface area contributed by atoms with Crippen LogP contribution in [-0.4, -0.2) is 39.0 Å². The molecule has 1 atom stereocenters. The molecule has 0 spiro atoms. The summed E-state index contributed by atoms with van der Waals surface area (Å²) < 4.78 is 0. The standard InChI is InChI=1S/C28H24N4O5/c1-16(29)26(34)30-19-11-7-10-18(14-19)21-15-22(20-12-5-6-13-23(20)33)31-25(24(21)28(36)37)32-27(35)17-8-3-2-4-9-17/h2-16,33H,29H2,1H3,(H,30,34)(H,36,37)(H,31,32,35). The lowest BCUT2D eigenvalue weighted by molar-refractivity contribution is -0.117. The van der Waals surface area contributed by atoms with E-state index < -0.39 is 23.8 Å². The molecule has 4 rings (SSSR count). The summed E-state index contributed by atoms with van der Waals surface area (Å²) >= 11 is 0. The molecule has 37 heavy (non-hydrogen) atoms. The first-order valence-corrected chi connectivity index (χ1v) is 11.3. The van der Waals surface area contributed by atoms with Gasteiger partial charge in [0.1, 0.15) is 17.1 Å². The van der Waals surface area contributed by atoms with Gasteiger partial charge in [0.05, 0.1) is 11.7 Å². The zero-order valence-corrected chi connectivity index (χ0v) is 19.8. The van der Waals surface area contributed by atoms with E-state index >= 15 is 0 Å². The number of phenolic OH excluding ortho intramolecular Hbond substituents is 1. The number of carbonyl (C=O) groups excluding carboxylic acids is 2. The van der Waals surface area contributed by atoms with Gasteiger partial charge in [0, 0.05) is 22.4 Å². The van der Waals surface area contributed by atoms with Crippen molar-refractivity contribution >= 4 is 29.3 Å². The molecule has 186 valence electrons. The highest BCUT2D eigenvalue weighted by atomic mass is 16.4. The average Bonchev–Trinajstić information content (AvgIpc) is 2.89. The van der Waals surface area contributed by atoms with Gasteiger partial charge >= 0.3 is 5.97 Å². The number of anilines is 2. The van der Waals surface area contributed by atoms with Crippen LogP contribution < -0.4 is 16.4 Å². The summed E-state index contributed by atoms with van der Waals surface area (Å²) in [7, 11) is 0. The molecule has 6 N–H and O–H groups in total. The SMILES string of the molecule is CC(N)C(=O)Nc1cccc(-c2cc(-c3ccccc3O)nc(NC(=O)c3ccccc3)c2C(=O)O)c1. The first kappa shape index (κ1) is 25.1. The molecule has 0 aliphatic heterocycles. The summed E-state index contributed by atoms with van der Waals surface area (Å²) in [5, 5.41) is 25.9. The number of aromatic nitrogens is 1. The topological polar surface area (TPSA) is 155 Å². The second kappa shape index (κ2) is 10.7. The van der Waals surface area contributed by atoms with Crippen molar-refractivity contribution in [3.63, 3.8) is 0 Å². The van der Waals surface area contributed by atoms with Crippen LogP contribution in [0.25, 0.3) is 22.4 Å². The minimum atomic E-state index is -1.32. The number of benzene rings is 3. The molecule has 9 nitrogen and oxygen atoms in total. The van der Waals surface area contributed by atoms with Crippen LogP contribution in [0.4, 0.5) is 11.5 Å². The molecule has 9 heteroatoms. The van der Waals surface area contributed by atoms with Crippen molar-refractivity contribution in [2.45, 2.75) is 13.0 Å². The number of aromatic hydroxyl groups is 1. The molecule has 1 unspecified atom stereocenters. The van der Waals surface area contributed by atoms with Crippen LogP contribution in [-0.2, 0) is 4.79 Å². The van der Waals surface area contributed by atoms with Gasteiger partial charge in [-0.15, -0.1) is 0 Å². The quantitative estimate of drug-likeness (QED) is 0.255. The molecular formula is C28H24N4O5. The summed E-state index contributed by atoms with van der Waals surface area (Å²) in [4.78, 5) is 41.9. The zero-order valence-electron chi connectivity index (χ0n) is 19.8. The number of carboxylic acid groups (broad SMARTS) is 1. The van der Waals surface area contributed by atoms with Gasteiger partial charge < -0.3 is 26.6 Å². The summed E-state index contributed by atoms with van der Waals surface area (Å²) in [5.41, 5.74) is 7.37. The number of rotatable bonds is 7. The molecule has 2 amide bonds. The van der Waals surface area contributed by atoms with Crippen molar-refractivity contribution in [1.29, 1.82) is 0 Å². The van der Waals surface area contributed by atoms with Gasteiger partial charge in [0.15, 0.2) is 0 Å². The van der Waals surface area contributed by atoms with Crippen LogP contribution in [0.15, 0.2) is 84.9 Å². The lowest BCUT2D eigenvalue weighted by Gasteiger charge is -2.16. The van der Waals surface area contributed by atoms with E-state index in [0.717, 1.165) is 0 Å². The third-order valence-corrected chi connectivity index (χ3v) is 5.54. The number of amides is 2. The predicted octanol–water partition coefficient (Wildman–Crippen LogP) is 4.36. The summed E-state index contributed by atoms with van der Waals surface area (Å²) in [6, 6.07) is 22.1. The number of carboxylic acids is 1. The number of phenols is 1. The zero-order chi connectivity index (χ0) is 26.5. The Balaban J connectivity index is 1.90. The third kappa shape index (κ3) is 5.63. The number of nitrogens with zero attached hydrogens (tertiary/aromatic N) is 1. The molecule has 0 aliphatic carbocycles. The van der Waals surface area contributed by atoms with Crippen molar-refractivity contribution in [3.8, 4) is 28.1 Å². The number of nitrogens with two attached hydrogens (primary N) is 1. The third-order valence-electron chi connectivity index (χ3n) is 5.54. The number of aromatic carboxylic acids is 1. The molecule has 4 aromatic rings. The maximum absolute atomic E-state index is 12.9. The number of pyridine rings is 1. The summed E-state index contributed by atoms with van der Waals surface area (Å²) in [5.74, 6) is -2.53. The van der Waals surface area contributed by atoms with Gasteiger partial charge in [-0.25, -0.2) is 9.78 Å². The van der Waals surface area contributed by atoms with Gasteiger partial charge in [-0.2, -0.15) is 0 Å². The first-order chi connectivity index (χ1) is 17.7. The highest BCUT2D eigenvalue weighted by Crippen LogP contribution is 2.36. The van der Waals surface area contributed by atoms with Crippen molar-refractivity contribution in [3.05, 3.63) is 96.1 Å². The Bertz CT molecular complexity index is 1490. The molecule has 0 aliphatic rings. The molecule has 3 aromatic carbocycles. The van der Waals surface area contributed by atoms with Crippen LogP contribution in [0.1, 0.15) is 27.6 Å². The Kier molecular flexibility index (Phi) is 7.26. The van der Waals surface area contributed by atoms with Crippen LogP contribution in [0.5, 0.6) is 5.75 Å². The molecule has 1 aromatic heterocycles. The van der Waals surface area contributed by atoms with E-state index in [2.05, 4.69) is 15.6 Å². The van der Waals surface area contributed by atoms with Gasteiger partial charge in [-0.3, -0.25) is 9.59 Å². The van der Waals surface area contributed by atoms with Crippen LogP contribution in [0.2, 0.25) is 0 Å². The smallest absolute Gasteiger partial charge is 0.340 e.